The van der Waals surface area contributed by atoms with Crippen molar-refractivity contribution in [3.63, 3.8) is 0 Å². The molecule has 1 heterocycles. The summed E-state index contributed by atoms with van der Waals surface area (Å²) in [6, 6.07) is 32.5. The van der Waals surface area contributed by atoms with Gasteiger partial charge in [-0.25, -0.2) is 19.6 Å². The van der Waals surface area contributed by atoms with Crippen molar-refractivity contribution in [1.29, 1.82) is 0 Å². The van der Waals surface area contributed by atoms with Crippen LogP contribution in [0.15, 0.2) is 121 Å². The van der Waals surface area contributed by atoms with Gasteiger partial charge < -0.3 is 51.7 Å². The van der Waals surface area contributed by atoms with Gasteiger partial charge in [-0.2, -0.15) is 0 Å². The second kappa shape index (κ2) is 26.3. The van der Waals surface area contributed by atoms with Crippen molar-refractivity contribution in [3.8, 4) is 0 Å². The molecule has 5 rings (SSSR count). The third kappa shape index (κ3) is 17.0. The van der Waals surface area contributed by atoms with E-state index >= 15 is 0 Å². The molecule has 0 bridgehead atoms. The standard InChI is InChI=1S/C48H50N8O12/c49-43-41(45(61)51-23-21-37(57)53-35(47(63)67-29-33-17-9-3-10-18-33)25-39(59)65-27-31-13-5-1-6-14-31)55-44(50)42(56-43)46(62)52-24-22-38(58)54-36(48(64)68-30-34-19-11-4-12-20-34)26-40(60)66-28-32-15-7-2-8-16-32/h1-20,35-36H,21-30H2,(H2,50,55)(H2,49,56)(H,51,61)(H,52,62)(H,53,57)(H,54,58)/t35-,36?/m1/s1. The SMILES string of the molecule is Nc1nc(C(=O)NCCC(=O)N[C@H](CC(=O)OCc2ccccc2)C(=O)OCc2ccccc2)c(N)nc1C(=O)NCCC(=O)NC(CC(=O)OCc1ccccc1)C(=O)OCc1ccccc1. The number of amides is 4. The first-order valence-corrected chi connectivity index (χ1v) is 21.2. The molecule has 4 amide bonds. The summed E-state index contributed by atoms with van der Waals surface area (Å²) >= 11 is 0. The lowest BCUT2D eigenvalue weighted by molar-refractivity contribution is -0.155. The molecule has 2 atom stereocenters. The Kier molecular flexibility index (Phi) is 19.5. The molecule has 0 radical (unpaired) electrons. The molecule has 0 spiro atoms. The molecule has 0 aliphatic heterocycles. The highest BCUT2D eigenvalue weighted by Gasteiger charge is 2.28. The molecular weight excluding hydrogens is 881 g/mol. The van der Waals surface area contributed by atoms with Gasteiger partial charge in [0, 0.05) is 25.9 Å². The van der Waals surface area contributed by atoms with E-state index in [0.29, 0.717) is 11.1 Å². The molecule has 5 aromatic rings. The maximum Gasteiger partial charge on any atom is 0.329 e. The molecule has 0 saturated heterocycles. The molecule has 20 nitrogen and oxygen atoms in total. The number of benzene rings is 4. The number of nitrogens with two attached hydrogens (primary N) is 2. The molecule has 0 aliphatic carbocycles. The maximum atomic E-state index is 13.0. The second-order valence-electron chi connectivity index (χ2n) is 14.8. The normalized spacial score (nSPS) is 11.4. The van der Waals surface area contributed by atoms with Crippen LogP contribution >= 0.6 is 0 Å². The fourth-order valence-corrected chi connectivity index (χ4v) is 6.05. The van der Waals surface area contributed by atoms with E-state index in [1.54, 1.807) is 121 Å². The molecule has 4 aromatic carbocycles. The van der Waals surface area contributed by atoms with Crippen molar-refractivity contribution in [2.24, 2.45) is 0 Å². The lowest BCUT2D eigenvalue weighted by Gasteiger charge is -2.18. The highest BCUT2D eigenvalue weighted by Crippen LogP contribution is 2.14. The largest absolute Gasteiger partial charge is 0.461 e. The molecule has 0 fully saturated rings. The monoisotopic (exact) mass is 930 g/mol. The summed E-state index contributed by atoms with van der Waals surface area (Å²) in [5, 5.41) is 9.78. The van der Waals surface area contributed by atoms with Crippen LogP contribution in [0.2, 0.25) is 0 Å². The molecule has 0 saturated carbocycles. The van der Waals surface area contributed by atoms with Crippen LogP contribution in [0.4, 0.5) is 11.6 Å². The van der Waals surface area contributed by atoms with Crippen molar-refractivity contribution in [1.82, 2.24) is 31.2 Å². The summed E-state index contributed by atoms with van der Waals surface area (Å²) in [4.78, 5) is 111. The summed E-state index contributed by atoms with van der Waals surface area (Å²) in [5.74, 6) is -7.52. The number of hydrogen-bond donors (Lipinski definition) is 6. The number of rotatable bonds is 24. The van der Waals surface area contributed by atoms with Gasteiger partial charge in [-0.3, -0.25) is 28.8 Å². The molecule has 354 valence electrons. The summed E-state index contributed by atoms with van der Waals surface area (Å²) in [7, 11) is 0. The topological polar surface area (TPSA) is 299 Å². The van der Waals surface area contributed by atoms with E-state index in [-0.39, 0.29) is 52.4 Å². The van der Waals surface area contributed by atoms with Gasteiger partial charge in [0.1, 0.15) is 38.5 Å². The Morgan fingerprint density at radius 3 is 1.04 bits per heavy atom. The first-order chi connectivity index (χ1) is 32.8. The van der Waals surface area contributed by atoms with Gasteiger partial charge in [0.15, 0.2) is 23.0 Å². The van der Waals surface area contributed by atoms with Crippen molar-refractivity contribution in [2.45, 2.75) is 64.2 Å². The van der Waals surface area contributed by atoms with Gasteiger partial charge in [0.05, 0.1) is 12.8 Å². The minimum absolute atomic E-state index is 0.0535. The fourth-order valence-electron chi connectivity index (χ4n) is 6.05. The minimum Gasteiger partial charge on any atom is -0.461 e. The third-order valence-electron chi connectivity index (χ3n) is 9.57. The van der Waals surface area contributed by atoms with E-state index in [0.717, 1.165) is 11.1 Å². The van der Waals surface area contributed by atoms with E-state index in [1.165, 1.54) is 0 Å². The zero-order chi connectivity index (χ0) is 48.7. The molecule has 68 heavy (non-hydrogen) atoms. The number of nitrogens with zero attached hydrogens (tertiary/aromatic N) is 2. The zero-order valence-corrected chi connectivity index (χ0v) is 36.7. The number of nitrogen functional groups attached to an aromatic ring is 2. The van der Waals surface area contributed by atoms with Crippen LogP contribution in [0.3, 0.4) is 0 Å². The first kappa shape index (κ1) is 50.3. The van der Waals surface area contributed by atoms with Gasteiger partial charge in [0.25, 0.3) is 11.8 Å². The van der Waals surface area contributed by atoms with Gasteiger partial charge in [-0.15, -0.1) is 0 Å². The van der Waals surface area contributed by atoms with Crippen LogP contribution in [-0.4, -0.2) is 82.6 Å². The van der Waals surface area contributed by atoms with E-state index < -0.39 is 95.5 Å². The van der Waals surface area contributed by atoms with Crippen molar-refractivity contribution in [3.05, 3.63) is 155 Å². The Balaban J connectivity index is 1.09. The summed E-state index contributed by atoms with van der Waals surface area (Å²) < 4.78 is 21.3. The van der Waals surface area contributed by atoms with Gasteiger partial charge in [0.2, 0.25) is 11.8 Å². The predicted molar refractivity (Wildman–Crippen MR) is 243 cm³/mol. The summed E-state index contributed by atoms with van der Waals surface area (Å²) in [6.07, 6.45) is -1.79. The van der Waals surface area contributed by atoms with E-state index in [9.17, 15) is 38.4 Å². The van der Waals surface area contributed by atoms with Gasteiger partial charge >= 0.3 is 23.9 Å². The van der Waals surface area contributed by atoms with Crippen molar-refractivity contribution < 1.29 is 57.3 Å². The Labute approximate surface area is 390 Å². The molecule has 1 unspecified atom stereocenters. The van der Waals surface area contributed by atoms with Crippen molar-refractivity contribution >= 4 is 59.1 Å². The second-order valence-corrected chi connectivity index (χ2v) is 14.8. The fraction of sp³-hybridized carbons (Fsp3) is 0.250. The number of carbonyl (C=O) groups is 8. The Morgan fingerprint density at radius 2 is 0.735 bits per heavy atom. The average Bonchev–Trinajstić information content (AvgIpc) is 3.34. The number of nitrogens with one attached hydrogen (secondary N) is 4. The summed E-state index contributed by atoms with van der Waals surface area (Å²) in [5.41, 5.74) is 13.8. The van der Waals surface area contributed by atoms with Crippen LogP contribution in [0, 0.1) is 0 Å². The molecule has 1 aromatic heterocycles. The van der Waals surface area contributed by atoms with E-state index in [2.05, 4.69) is 31.2 Å². The van der Waals surface area contributed by atoms with Crippen LogP contribution in [0.5, 0.6) is 0 Å². The quantitative estimate of drug-likeness (QED) is 0.0383. The first-order valence-electron chi connectivity index (χ1n) is 21.2. The Morgan fingerprint density at radius 1 is 0.441 bits per heavy atom. The molecule has 8 N–H and O–H groups in total. The lowest BCUT2D eigenvalue weighted by Crippen LogP contribution is -2.44. The number of esters is 4. The number of aromatic nitrogens is 2. The lowest BCUT2D eigenvalue weighted by atomic mass is 10.2. The number of hydrogen-bond acceptors (Lipinski definition) is 16. The van der Waals surface area contributed by atoms with E-state index in [4.69, 9.17) is 30.4 Å². The molecule has 0 aliphatic rings. The zero-order valence-electron chi connectivity index (χ0n) is 36.7. The number of anilines is 2. The van der Waals surface area contributed by atoms with Crippen LogP contribution in [0.25, 0.3) is 0 Å². The highest BCUT2D eigenvalue weighted by molar-refractivity contribution is 6.01. The highest BCUT2D eigenvalue weighted by atomic mass is 16.5. The predicted octanol–water partition coefficient (Wildman–Crippen LogP) is 2.60. The van der Waals surface area contributed by atoms with Gasteiger partial charge in [-0.05, 0) is 22.3 Å². The number of ether oxygens (including phenoxy) is 4. The van der Waals surface area contributed by atoms with Crippen LogP contribution in [-0.2, 0) is 74.1 Å². The molecule has 20 heteroatoms. The molecular formula is C48H50N8O12. The van der Waals surface area contributed by atoms with E-state index in [1.807, 2.05) is 0 Å². The average molecular weight is 931 g/mol. The van der Waals surface area contributed by atoms with Gasteiger partial charge in [-0.1, -0.05) is 121 Å². The van der Waals surface area contributed by atoms with Crippen molar-refractivity contribution in [2.75, 3.05) is 24.6 Å². The Hall–Kier alpha value is -8.68. The third-order valence-corrected chi connectivity index (χ3v) is 9.57. The summed E-state index contributed by atoms with van der Waals surface area (Å²) in [6.45, 7) is -0.916. The maximum absolute atomic E-state index is 13.0. The van der Waals surface area contributed by atoms with Crippen LogP contribution < -0.4 is 32.7 Å². The van der Waals surface area contributed by atoms with Crippen LogP contribution in [0.1, 0.15) is 68.9 Å². The number of carbonyl (C=O) groups excluding carboxylic acids is 8. The minimum atomic E-state index is -1.41. The Bertz CT molecular complexity index is 2340. The smallest absolute Gasteiger partial charge is 0.329 e.